The number of hydrogen-bond acceptors (Lipinski definition) is 6. The molecule has 1 aliphatic heterocycles. The van der Waals surface area contributed by atoms with Gasteiger partial charge in [-0.15, -0.1) is 11.8 Å². The quantitative estimate of drug-likeness (QED) is 0.517. The molecule has 7 nitrogen and oxygen atoms in total. The Hall–Kier alpha value is -1.09. The molecule has 0 aromatic carbocycles. The van der Waals surface area contributed by atoms with Gasteiger partial charge in [-0.05, 0) is 19.3 Å². The number of hydrogen-bond donors (Lipinski definition) is 4. The van der Waals surface area contributed by atoms with E-state index in [2.05, 4.69) is 4.98 Å². The Morgan fingerprint density at radius 3 is 2.70 bits per heavy atom. The number of aliphatic hydroxyl groups excluding tert-OH is 3. The zero-order valence-corrected chi connectivity index (χ0v) is 11.4. The summed E-state index contributed by atoms with van der Waals surface area (Å²) >= 11 is 1.21. The minimum atomic E-state index is -1.17. The Labute approximate surface area is 118 Å². The molecule has 20 heavy (non-hydrogen) atoms. The van der Waals surface area contributed by atoms with Crippen LogP contribution in [0.2, 0.25) is 0 Å². The summed E-state index contributed by atoms with van der Waals surface area (Å²) in [5.74, 6) is 0. The Balaban J connectivity index is 2.00. The van der Waals surface area contributed by atoms with E-state index in [1.807, 2.05) is 0 Å². The monoisotopic (exact) mass is 300 g/mol. The van der Waals surface area contributed by atoms with Crippen molar-refractivity contribution in [3.05, 3.63) is 33.1 Å². The molecule has 3 rings (SSSR count). The molecule has 1 aromatic heterocycles. The van der Waals surface area contributed by atoms with E-state index < -0.39 is 39.7 Å². The Kier molecular flexibility index (Phi) is 3.28. The molecule has 0 radical (unpaired) electrons. The summed E-state index contributed by atoms with van der Waals surface area (Å²) in [6, 6.07) is 1.19. The van der Waals surface area contributed by atoms with Crippen LogP contribution < -0.4 is 11.2 Å². The minimum absolute atomic E-state index is 0.514. The average molecular weight is 300 g/mol. The van der Waals surface area contributed by atoms with Gasteiger partial charge in [0.05, 0.1) is 17.0 Å². The van der Waals surface area contributed by atoms with Gasteiger partial charge in [-0.1, -0.05) is 0 Å². The molecular weight excluding hydrogens is 284 g/mol. The predicted octanol–water partition coefficient (Wildman–Crippen LogP) is -1.21. The van der Waals surface area contributed by atoms with Gasteiger partial charge < -0.3 is 15.3 Å². The number of thioether (sulfide) groups is 1. The third-order valence-electron chi connectivity index (χ3n) is 4.19. The van der Waals surface area contributed by atoms with Gasteiger partial charge >= 0.3 is 5.69 Å². The largest absolute Gasteiger partial charge is 0.392 e. The van der Waals surface area contributed by atoms with E-state index in [1.165, 1.54) is 28.6 Å². The van der Waals surface area contributed by atoms with Crippen LogP contribution in [-0.4, -0.2) is 47.9 Å². The van der Waals surface area contributed by atoms with Crippen molar-refractivity contribution in [3.8, 4) is 0 Å². The smallest absolute Gasteiger partial charge is 0.329 e. The second-order valence-corrected chi connectivity index (χ2v) is 6.80. The molecule has 1 unspecified atom stereocenters. The number of nitrogens with one attached hydrogen (secondary N) is 1. The van der Waals surface area contributed by atoms with Crippen LogP contribution in [-0.2, 0) is 0 Å². The highest BCUT2D eigenvalue weighted by atomic mass is 32.2. The highest BCUT2D eigenvalue weighted by Crippen LogP contribution is 2.56. The summed E-state index contributed by atoms with van der Waals surface area (Å²) in [6.07, 6.45) is 0.251. The molecular formula is C12H16N2O5S. The van der Waals surface area contributed by atoms with Gasteiger partial charge in [0, 0.05) is 12.3 Å². The molecule has 2 heterocycles. The molecule has 2 fully saturated rings. The summed E-state index contributed by atoms with van der Waals surface area (Å²) < 4.78 is 0.361. The van der Waals surface area contributed by atoms with E-state index in [0.29, 0.717) is 12.8 Å². The topological polar surface area (TPSA) is 116 Å². The van der Waals surface area contributed by atoms with Gasteiger partial charge in [0.25, 0.3) is 5.56 Å². The summed E-state index contributed by atoms with van der Waals surface area (Å²) in [5.41, 5.74) is -1.15. The molecule has 1 spiro atoms. The highest BCUT2D eigenvalue weighted by Gasteiger charge is 2.59. The van der Waals surface area contributed by atoms with Gasteiger partial charge in [-0.2, -0.15) is 0 Å². The molecule has 2 aliphatic rings. The van der Waals surface area contributed by atoms with Crippen LogP contribution in [0.4, 0.5) is 0 Å². The van der Waals surface area contributed by atoms with Crippen molar-refractivity contribution in [2.75, 3.05) is 0 Å². The summed E-state index contributed by atoms with van der Waals surface area (Å²) in [5, 5.41) is 29.9. The van der Waals surface area contributed by atoms with Gasteiger partial charge in [0.2, 0.25) is 0 Å². The van der Waals surface area contributed by atoms with Crippen molar-refractivity contribution >= 4 is 11.8 Å². The van der Waals surface area contributed by atoms with E-state index in [9.17, 15) is 24.9 Å². The van der Waals surface area contributed by atoms with Crippen LogP contribution in [0.1, 0.15) is 24.6 Å². The fourth-order valence-corrected chi connectivity index (χ4v) is 4.96. The second kappa shape index (κ2) is 4.73. The van der Waals surface area contributed by atoms with Crippen molar-refractivity contribution in [3.63, 3.8) is 0 Å². The van der Waals surface area contributed by atoms with Crippen LogP contribution in [0.5, 0.6) is 0 Å². The standard InChI is InChI=1S/C12H16N2O5S/c15-6-2-1-4-12(6)9(18)8(17)10(20-12)14-5-3-7(16)13-11(14)19/h3,5-6,8-10,15,17-18H,1-2,4H2,(H,13,16,19)/t6-,8+,9-,10+,12?/m0/s1. The summed E-state index contributed by atoms with van der Waals surface area (Å²) in [6.45, 7) is 0. The Bertz CT molecular complexity index is 629. The van der Waals surface area contributed by atoms with Crippen molar-refractivity contribution in [1.29, 1.82) is 0 Å². The van der Waals surface area contributed by atoms with E-state index in [4.69, 9.17) is 0 Å². The first-order valence-electron chi connectivity index (χ1n) is 6.49. The Morgan fingerprint density at radius 2 is 2.10 bits per heavy atom. The molecule has 8 heteroatoms. The fourth-order valence-electron chi connectivity index (χ4n) is 3.12. The Morgan fingerprint density at radius 1 is 1.35 bits per heavy atom. The maximum atomic E-state index is 11.8. The lowest BCUT2D eigenvalue weighted by Crippen LogP contribution is -2.46. The lowest BCUT2D eigenvalue weighted by Gasteiger charge is -2.30. The first-order valence-corrected chi connectivity index (χ1v) is 7.37. The number of aliphatic hydroxyl groups is 3. The molecule has 0 amide bonds. The van der Waals surface area contributed by atoms with E-state index >= 15 is 0 Å². The van der Waals surface area contributed by atoms with E-state index in [0.717, 1.165) is 6.42 Å². The number of rotatable bonds is 1. The van der Waals surface area contributed by atoms with Crippen LogP contribution in [0, 0.1) is 0 Å². The SMILES string of the molecule is O=c1ccn([C@@H]2SC3(CCC[C@@H]3O)[C@@H](O)[C@H]2O)c(=O)[nH]1. The van der Waals surface area contributed by atoms with Crippen molar-refractivity contribution in [1.82, 2.24) is 9.55 Å². The van der Waals surface area contributed by atoms with Gasteiger partial charge in [0.15, 0.2) is 0 Å². The van der Waals surface area contributed by atoms with Crippen LogP contribution in [0.25, 0.3) is 0 Å². The number of aromatic amines is 1. The number of aromatic nitrogens is 2. The molecule has 1 aromatic rings. The summed E-state index contributed by atoms with van der Waals surface area (Å²) in [4.78, 5) is 25.0. The third kappa shape index (κ3) is 1.86. The predicted molar refractivity (Wildman–Crippen MR) is 72.6 cm³/mol. The molecule has 0 bridgehead atoms. The fraction of sp³-hybridized carbons (Fsp3) is 0.667. The van der Waals surface area contributed by atoms with Crippen molar-refractivity contribution in [2.24, 2.45) is 0 Å². The number of H-pyrrole nitrogens is 1. The van der Waals surface area contributed by atoms with Crippen molar-refractivity contribution in [2.45, 2.75) is 47.7 Å². The van der Waals surface area contributed by atoms with Crippen LogP contribution in [0.3, 0.4) is 0 Å². The first kappa shape index (κ1) is 13.9. The normalized spacial score (nSPS) is 40.5. The maximum absolute atomic E-state index is 11.8. The first-order chi connectivity index (χ1) is 9.45. The molecule has 110 valence electrons. The van der Waals surface area contributed by atoms with Crippen LogP contribution in [0.15, 0.2) is 21.9 Å². The maximum Gasteiger partial charge on any atom is 0.329 e. The molecule has 4 N–H and O–H groups in total. The van der Waals surface area contributed by atoms with Crippen LogP contribution >= 0.6 is 11.8 Å². The molecule has 1 saturated heterocycles. The van der Waals surface area contributed by atoms with Gasteiger partial charge in [-0.3, -0.25) is 14.3 Å². The lowest BCUT2D eigenvalue weighted by molar-refractivity contribution is -0.0258. The third-order valence-corrected chi connectivity index (χ3v) is 6.09. The molecule has 1 saturated carbocycles. The molecule has 1 aliphatic carbocycles. The number of nitrogens with zero attached hydrogens (tertiary/aromatic N) is 1. The van der Waals surface area contributed by atoms with Gasteiger partial charge in [-0.25, -0.2) is 4.79 Å². The average Bonchev–Trinajstić information content (AvgIpc) is 2.88. The van der Waals surface area contributed by atoms with E-state index in [1.54, 1.807) is 0 Å². The van der Waals surface area contributed by atoms with Crippen molar-refractivity contribution < 1.29 is 15.3 Å². The van der Waals surface area contributed by atoms with E-state index in [-0.39, 0.29) is 0 Å². The minimum Gasteiger partial charge on any atom is -0.392 e. The summed E-state index contributed by atoms with van der Waals surface area (Å²) in [7, 11) is 0. The zero-order chi connectivity index (χ0) is 14.5. The van der Waals surface area contributed by atoms with Gasteiger partial charge in [0.1, 0.15) is 11.5 Å². The zero-order valence-electron chi connectivity index (χ0n) is 10.6. The second-order valence-electron chi connectivity index (χ2n) is 5.32. The molecule has 5 atom stereocenters. The highest BCUT2D eigenvalue weighted by molar-refractivity contribution is 8.01. The lowest BCUT2D eigenvalue weighted by atomic mass is 9.94.